The van der Waals surface area contributed by atoms with Crippen LogP contribution in [-0.2, 0) is 0 Å². The zero-order valence-electron chi connectivity index (χ0n) is 11.3. The fourth-order valence-corrected chi connectivity index (χ4v) is 3.30. The molecule has 0 N–H and O–H groups in total. The average molecular weight is 256 g/mol. The first-order valence-electron chi connectivity index (χ1n) is 7.16. The van der Waals surface area contributed by atoms with Gasteiger partial charge < -0.3 is 0 Å². The lowest BCUT2D eigenvalue weighted by atomic mass is 9.87. The fraction of sp³-hybridized carbons (Fsp3) is 0.100. The van der Waals surface area contributed by atoms with Crippen LogP contribution in [-0.4, -0.2) is 0 Å². The van der Waals surface area contributed by atoms with Crippen LogP contribution < -0.4 is 0 Å². The number of rotatable bonds is 1. The van der Waals surface area contributed by atoms with E-state index in [1.807, 2.05) is 0 Å². The van der Waals surface area contributed by atoms with E-state index in [-0.39, 0.29) is 0 Å². The third-order valence-corrected chi connectivity index (χ3v) is 4.25. The maximum atomic E-state index is 2.36. The summed E-state index contributed by atoms with van der Waals surface area (Å²) in [5.74, 6) is 0.489. The van der Waals surface area contributed by atoms with Crippen molar-refractivity contribution >= 4 is 10.8 Å². The van der Waals surface area contributed by atoms with Gasteiger partial charge in [0.05, 0.1) is 0 Å². The average Bonchev–Trinajstić information content (AvgIpc) is 2.75. The SMILES string of the molecule is C1=CC=C2C(=CCC2c2cccc3ccccc23)C=C1. The zero-order valence-corrected chi connectivity index (χ0v) is 11.3. The number of allylic oxidation sites excluding steroid dienone is 8. The Morgan fingerprint density at radius 1 is 0.850 bits per heavy atom. The van der Waals surface area contributed by atoms with E-state index in [0.29, 0.717) is 5.92 Å². The van der Waals surface area contributed by atoms with Crippen molar-refractivity contribution in [1.82, 2.24) is 0 Å². The van der Waals surface area contributed by atoms with Gasteiger partial charge >= 0.3 is 0 Å². The van der Waals surface area contributed by atoms with Gasteiger partial charge in [0.1, 0.15) is 0 Å². The molecule has 0 fully saturated rings. The summed E-state index contributed by atoms with van der Waals surface area (Å²) in [4.78, 5) is 0. The maximum Gasteiger partial charge on any atom is 0.0136 e. The third-order valence-electron chi connectivity index (χ3n) is 4.25. The summed E-state index contributed by atoms with van der Waals surface area (Å²) in [5.41, 5.74) is 4.28. The van der Waals surface area contributed by atoms with Gasteiger partial charge in [-0.1, -0.05) is 78.9 Å². The molecule has 2 aliphatic carbocycles. The van der Waals surface area contributed by atoms with Crippen molar-refractivity contribution in [3.63, 3.8) is 0 Å². The molecule has 0 heteroatoms. The van der Waals surface area contributed by atoms with E-state index in [9.17, 15) is 0 Å². The topological polar surface area (TPSA) is 0 Å². The van der Waals surface area contributed by atoms with Crippen molar-refractivity contribution in [2.45, 2.75) is 12.3 Å². The van der Waals surface area contributed by atoms with Crippen molar-refractivity contribution in [2.24, 2.45) is 0 Å². The van der Waals surface area contributed by atoms with Crippen molar-refractivity contribution in [1.29, 1.82) is 0 Å². The van der Waals surface area contributed by atoms with E-state index in [1.165, 1.54) is 27.5 Å². The molecule has 1 atom stereocenters. The first kappa shape index (κ1) is 11.5. The lowest BCUT2D eigenvalue weighted by molar-refractivity contribution is 0.871. The molecule has 0 radical (unpaired) electrons. The molecule has 0 aromatic heterocycles. The minimum atomic E-state index is 0.489. The van der Waals surface area contributed by atoms with Gasteiger partial charge in [-0.3, -0.25) is 0 Å². The van der Waals surface area contributed by atoms with E-state index >= 15 is 0 Å². The van der Waals surface area contributed by atoms with Gasteiger partial charge in [0.2, 0.25) is 0 Å². The molecule has 20 heavy (non-hydrogen) atoms. The zero-order chi connectivity index (χ0) is 13.4. The number of hydrogen-bond donors (Lipinski definition) is 0. The molecule has 0 heterocycles. The van der Waals surface area contributed by atoms with E-state index in [4.69, 9.17) is 0 Å². The molecule has 0 bridgehead atoms. The van der Waals surface area contributed by atoms with Crippen molar-refractivity contribution in [3.8, 4) is 0 Å². The molecule has 2 aromatic rings. The Labute approximate surface area is 119 Å². The van der Waals surface area contributed by atoms with Gasteiger partial charge in [0.25, 0.3) is 0 Å². The summed E-state index contributed by atoms with van der Waals surface area (Å²) in [6.07, 6.45) is 14.3. The van der Waals surface area contributed by atoms with E-state index in [0.717, 1.165) is 6.42 Å². The molecule has 4 rings (SSSR count). The van der Waals surface area contributed by atoms with E-state index < -0.39 is 0 Å². The van der Waals surface area contributed by atoms with Crippen LogP contribution >= 0.6 is 0 Å². The summed E-state index contributed by atoms with van der Waals surface area (Å²) in [6, 6.07) is 15.3. The second-order valence-corrected chi connectivity index (χ2v) is 5.38. The van der Waals surface area contributed by atoms with Gasteiger partial charge in [-0.25, -0.2) is 0 Å². The summed E-state index contributed by atoms with van der Waals surface area (Å²) < 4.78 is 0. The number of hydrogen-bond acceptors (Lipinski definition) is 0. The minimum absolute atomic E-state index is 0.489. The Hall–Kier alpha value is -2.34. The molecule has 0 spiro atoms. The first-order chi connectivity index (χ1) is 9.93. The Kier molecular flexibility index (Phi) is 2.67. The Morgan fingerprint density at radius 3 is 2.75 bits per heavy atom. The van der Waals surface area contributed by atoms with Crippen molar-refractivity contribution in [3.05, 3.63) is 95.6 Å². The largest absolute Gasteiger partial charge is 0.0760 e. The fourth-order valence-electron chi connectivity index (χ4n) is 3.30. The molecule has 0 saturated carbocycles. The highest BCUT2D eigenvalue weighted by molar-refractivity contribution is 5.87. The Balaban J connectivity index is 1.87. The second-order valence-electron chi connectivity index (χ2n) is 5.38. The molecule has 2 aliphatic rings. The summed E-state index contributed by atoms with van der Waals surface area (Å²) >= 11 is 0. The van der Waals surface area contributed by atoms with Crippen molar-refractivity contribution in [2.75, 3.05) is 0 Å². The summed E-state index contributed by atoms with van der Waals surface area (Å²) in [5, 5.41) is 2.71. The van der Waals surface area contributed by atoms with Crippen molar-refractivity contribution < 1.29 is 0 Å². The van der Waals surface area contributed by atoms with Gasteiger partial charge in [-0.2, -0.15) is 0 Å². The molecule has 96 valence electrons. The van der Waals surface area contributed by atoms with Gasteiger partial charge in [0.15, 0.2) is 0 Å². The monoisotopic (exact) mass is 256 g/mol. The van der Waals surface area contributed by atoms with Crippen LogP contribution in [0.4, 0.5) is 0 Å². The second kappa shape index (κ2) is 4.64. The maximum absolute atomic E-state index is 2.36. The third kappa shape index (κ3) is 1.77. The van der Waals surface area contributed by atoms with Crippen LogP contribution in [0.1, 0.15) is 17.9 Å². The van der Waals surface area contributed by atoms with E-state index in [1.54, 1.807) is 0 Å². The molecule has 0 nitrogen and oxygen atoms in total. The predicted octanol–water partition coefficient (Wildman–Crippen LogP) is 5.31. The molecular formula is C20H16. The molecule has 1 unspecified atom stereocenters. The van der Waals surface area contributed by atoms with Crippen LogP contribution in [0.2, 0.25) is 0 Å². The van der Waals surface area contributed by atoms with Gasteiger partial charge in [-0.15, -0.1) is 0 Å². The highest BCUT2D eigenvalue weighted by Crippen LogP contribution is 2.42. The summed E-state index contributed by atoms with van der Waals surface area (Å²) in [7, 11) is 0. The van der Waals surface area contributed by atoms with Crippen LogP contribution in [0.3, 0.4) is 0 Å². The highest BCUT2D eigenvalue weighted by atomic mass is 14.3. The summed E-state index contributed by atoms with van der Waals surface area (Å²) in [6.45, 7) is 0. The number of benzene rings is 2. The molecule has 0 amide bonds. The molecule has 0 aliphatic heterocycles. The number of fused-ring (bicyclic) bond motifs is 2. The van der Waals surface area contributed by atoms with Crippen LogP contribution in [0, 0.1) is 0 Å². The highest BCUT2D eigenvalue weighted by Gasteiger charge is 2.24. The molecule has 0 saturated heterocycles. The van der Waals surface area contributed by atoms with Gasteiger partial charge in [-0.05, 0) is 33.9 Å². The Morgan fingerprint density at radius 2 is 1.75 bits per heavy atom. The lowest BCUT2D eigenvalue weighted by Crippen LogP contribution is -1.98. The lowest BCUT2D eigenvalue weighted by Gasteiger charge is -2.16. The van der Waals surface area contributed by atoms with Crippen LogP contribution in [0.25, 0.3) is 10.8 Å². The first-order valence-corrected chi connectivity index (χ1v) is 7.16. The van der Waals surface area contributed by atoms with Crippen LogP contribution in [0.15, 0.2) is 90.1 Å². The normalized spacial score (nSPS) is 20.5. The van der Waals surface area contributed by atoms with E-state index in [2.05, 4.69) is 78.9 Å². The smallest absolute Gasteiger partial charge is 0.0136 e. The van der Waals surface area contributed by atoms with Gasteiger partial charge in [0, 0.05) is 5.92 Å². The Bertz CT molecular complexity index is 779. The molecule has 2 aromatic carbocycles. The van der Waals surface area contributed by atoms with Crippen LogP contribution in [0.5, 0.6) is 0 Å². The minimum Gasteiger partial charge on any atom is -0.0760 e. The predicted molar refractivity (Wildman–Crippen MR) is 85.8 cm³/mol. The standard InChI is InChI=1S/C20H16/c1-2-7-16-13-14-20(18(16)10-3-1)19-12-6-9-15-8-4-5-11-17(15)19/h1-13,20H,14H2. The quantitative estimate of drug-likeness (QED) is 0.649. The molecular weight excluding hydrogens is 240 g/mol.